The first-order chi connectivity index (χ1) is 12.8. The van der Waals surface area contributed by atoms with E-state index < -0.39 is 27.0 Å². The van der Waals surface area contributed by atoms with Crippen LogP contribution in [-0.4, -0.2) is 48.2 Å². The Kier molecular flexibility index (Phi) is 5.51. The second-order valence-electron chi connectivity index (χ2n) is 5.76. The zero-order valence-electron chi connectivity index (χ0n) is 14.0. The summed E-state index contributed by atoms with van der Waals surface area (Å²) in [5, 5.41) is 0. The van der Waals surface area contributed by atoms with Gasteiger partial charge >= 0.3 is 6.36 Å². The van der Waals surface area contributed by atoms with Gasteiger partial charge in [-0.05, 0) is 25.0 Å². The molecule has 0 spiro atoms. The largest absolute Gasteiger partial charge is 0.573 e. The Labute approximate surface area is 153 Å². The van der Waals surface area contributed by atoms with Crippen LogP contribution < -0.4 is 9.47 Å². The topological polar surface area (TPSA) is 81.6 Å². The van der Waals surface area contributed by atoms with Gasteiger partial charge in [-0.15, -0.1) is 13.2 Å². The minimum absolute atomic E-state index is 0.110. The van der Waals surface area contributed by atoms with Gasteiger partial charge in [-0.1, -0.05) is 12.1 Å². The molecule has 0 bridgehead atoms. The lowest BCUT2D eigenvalue weighted by atomic mass is 10.1. The van der Waals surface area contributed by atoms with Crippen LogP contribution in [0.15, 0.2) is 47.8 Å². The molecule has 2 aromatic rings. The highest BCUT2D eigenvalue weighted by Crippen LogP contribution is 2.32. The van der Waals surface area contributed by atoms with E-state index in [1.165, 1.54) is 24.7 Å². The van der Waals surface area contributed by atoms with Crippen LogP contribution in [0.5, 0.6) is 11.6 Å². The first-order valence-corrected chi connectivity index (χ1v) is 9.47. The maximum Gasteiger partial charge on any atom is 0.573 e. The highest BCUT2D eigenvalue weighted by molar-refractivity contribution is 7.89. The molecular formula is C16H16F3N3O4S. The summed E-state index contributed by atoms with van der Waals surface area (Å²) in [6, 6.07) is 6.29. The van der Waals surface area contributed by atoms with E-state index in [1.807, 2.05) is 0 Å². The van der Waals surface area contributed by atoms with Gasteiger partial charge in [-0.25, -0.2) is 18.4 Å². The van der Waals surface area contributed by atoms with E-state index in [-0.39, 0.29) is 19.2 Å². The average Bonchev–Trinajstić information content (AvgIpc) is 2.62. The Bertz CT molecular complexity index is 870. The number of nitrogens with zero attached hydrogens (tertiary/aromatic N) is 3. The van der Waals surface area contributed by atoms with Crippen molar-refractivity contribution in [3.8, 4) is 11.6 Å². The number of para-hydroxylation sites is 1. The van der Waals surface area contributed by atoms with E-state index in [0.29, 0.717) is 18.7 Å². The third kappa shape index (κ3) is 4.86. The zero-order chi connectivity index (χ0) is 19.5. The number of hydrogen-bond acceptors (Lipinski definition) is 6. The Morgan fingerprint density at radius 1 is 1.11 bits per heavy atom. The van der Waals surface area contributed by atoms with Gasteiger partial charge in [0, 0.05) is 25.4 Å². The summed E-state index contributed by atoms with van der Waals surface area (Å²) >= 11 is 0. The van der Waals surface area contributed by atoms with Crippen LogP contribution in [0.1, 0.15) is 12.8 Å². The van der Waals surface area contributed by atoms with Crippen LogP contribution in [0.2, 0.25) is 0 Å². The number of alkyl halides is 3. The second kappa shape index (κ2) is 7.69. The number of sulfonamides is 1. The molecule has 0 unspecified atom stereocenters. The fourth-order valence-electron chi connectivity index (χ4n) is 2.72. The first kappa shape index (κ1) is 19.4. The Morgan fingerprint density at radius 2 is 1.81 bits per heavy atom. The molecule has 7 nitrogen and oxygen atoms in total. The zero-order valence-corrected chi connectivity index (χ0v) is 14.8. The Balaban J connectivity index is 1.70. The van der Waals surface area contributed by atoms with Crippen LogP contribution in [0.3, 0.4) is 0 Å². The molecule has 2 heterocycles. The van der Waals surface area contributed by atoms with Gasteiger partial charge < -0.3 is 9.47 Å². The molecule has 0 N–H and O–H groups in total. The molecular weight excluding hydrogens is 387 g/mol. The quantitative estimate of drug-likeness (QED) is 0.763. The number of hydrogen-bond donors (Lipinski definition) is 0. The van der Waals surface area contributed by atoms with E-state index in [2.05, 4.69) is 14.7 Å². The molecule has 146 valence electrons. The van der Waals surface area contributed by atoms with Crippen LogP contribution in [-0.2, 0) is 10.0 Å². The smallest absolute Gasteiger partial charge is 0.474 e. The summed E-state index contributed by atoms with van der Waals surface area (Å²) in [7, 11) is -4.13. The van der Waals surface area contributed by atoms with Crippen molar-refractivity contribution in [1.82, 2.24) is 14.3 Å². The van der Waals surface area contributed by atoms with Crippen molar-refractivity contribution in [2.45, 2.75) is 30.2 Å². The van der Waals surface area contributed by atoms with Crippen molar-refractivity contribution >= 4 is 10.0 Å². The van der Waals surface area contributed by atoms with E-state index >= 15 is 0 Å². The van der Waals surface area contributed by atoms with Gasteiger partial charge in [-0.3, -0.25) is 0 Å². The molecule has 27 heavy (non-hydrogen) atoms. The number of halogens is 3. The third-order valence-corrected chi connectivity index (χ3v) is 5.87. The summed E-state index contributed by atoms with van der Waals surface area (Å²) in [4.78, 5) is 7.21. The lowest BCUT2D eigenvalue weighted by molar-refractivity contribution is -0.275. The highest BCUT2D eigenvalue weighted by atomic mass is 32.2. The van der Waals surface area contributed by atoms with Crippen molar-refractivity contribution in [3.05, 3.63) is 42.9 Å². The number of piperidine rings is 1. The van der Waals surface area contributed by atoms with Gasteiger partial charge in [0.15, 0.2) is 0 Å². The van der Waals surface area contributed by atoms with E-state index in [0.717, 1.165) is 16.4 Å². The molecule has 3 rings (SSSR count). The van der Waals surface area contributed by atoms with Crippen molar-refractivity contribution < 1.29 is 31.1 Å². The normalized spacial score (nSPS) is 16.9. The number of benzene rings is 1. The lowest BCUT2D eigenvalue weighted by Gasteiger charge is -2.31. The van der Waals surface area contributed by atoms with Gasteiger partial charge in [0.25, 0.3) is 0 Å². The molecule has 1 aromatic heterocycles. The van der Waals surface area contributed by atoms with E-state index in [4.69, 9.17) is 4.74 Å². The first-order valence-electron chi connectivity index (χ1n) is 8.03. The SMILES string of the molecule is O=S(=O)(c1ccccc1OC(F)(F)F)N1CCC(Oc2ccncn2)CC1. The minimum Gasteiger partial charge on any atom is -0.474 e. The number of aromatic nitrogens is 2. The molecule has 0 radical (unpaired) electrons. The summed E-state index contributed by atoms with van der Waals surface area (Å²) in [6.45, 7) is 0.219. The van der Waals surface area contributed by atoms with Crippen molar-refractivity contribution in [3.63, 3.8) is 0 Å². The third-order valence-electron chi connectivity index (χ3n) is 3.94. The Morgan fingerprint density at radius 3 is 2.44 bits per heavy atom. The molecule has 0 saturated carbocycles. The molecule has 0 amide bonds. The average molecular weight is 403 g/mol. The molecule has 0 aliphatic carbocycles. The fraction of sp³-hybridized carbons (Fsp3) is 0.375. The van der Waals surface area contributed by atoms with Crippen molar-refractivity contribution in [1.29, 1.82) is 0 Å². The monoisotopic (exact) mass is 403 g/mol. The predicted octanol–water partition coefficient (Wildman–Crippen LogP) is 2.61. The Hall–Kier alpha value is -2.40. The molecule has 1 aliphatic heterocycles. The molecule has 1 fully saturated rings. The molecule has 11 heteroatoms. The number of ether oxygens (including phenoxy) is 2. The highest BCUT2D eigenvalue weighted by Gasteiger charge is 2.36. The fourth-order valence-corrected chi connectivity index (χ4v) is 4.30. The molecule has 1 aliphatic rings. The van der Waals surface area contributed by atoms with E-state index in [9.17, 15) is 21.6 Å². The van der Waals surface area contributed by atoms with Crippen LogP contribution in [0.4, 0.5) is 13.2 Å². The summed E-state index contributed by atoms with van der Waals surface area (Å²) in [5.74, 6) is -0.361. The molecule has 1 saturated heterocycles. The van der Waals surface area contributed by atoms with Gasteiger partial charge in [0.2, 0.25) is 15.9 Å². The minimum atomic E-state index is -4.98. The van der Waals surface area contributed by atoms with Gasteiger partial charge in [0.1, 0.15) is 23.1 Å². The molecule has 1 aromatic carbocycles. The van der Waals surface area contributed by atoms with Crippen molar-refractivity contribution in [2.24, 2.45) is 0 Å². The number of rotatable bonds is 5. The van der Waals surface area contributed by atoms with Crippen LogP contribution in [0, 0.1) is 0 Å². The van der Waals surface area contributed by atoms with Gasteiger partial charge in [0.05, 0.1) is 0 Å². The maximum atomic E-state index is 12.8. The molecule has 0 atom stereocenters. The summed E-state index contributed by atoms with van der Waals surface area (Å²) in [5.41, 5.74) is 0. The predicted molar refractivity (Wildman–Crippen MR) is 87.6 cm³/mol. The summed E-state index contributed by atoms with van der Waals surface area (Å²) in [6.07, 6.45) is -1.60. The standard InChI is InChI=1S/C16H16F3N3O4S/c17-16(18,19)26-13-3-1-2-4-14(13)27(23,24)22-9-6-12(7-10-22)25-15-5-8-20-11-21-15/h1-5,8,11-12H,6-7,9-10H2. The second-order valence-corrected chi connectivity index (χ2v) is 7.67. The van der Waals surface area contributed by atoms with Crippen LogP contribution in [0.25, 0.3) is 0 Å². The van der Waals surface area contributed by atoms with Gasteiger partial charge in [-0.2, -0.15) is 4.31 Å². The van der Waals surface area contributed by atoms with E-state index in [1.54, 1.807) is 6.07 Å². The van der Waals surface area contributed by atoms with Crippen LogP contribution >= 0.6 is 0 Å². The summed E-state index contributed by atoms with van der Waals surface area (Å²) < 4.78 is 73.9. The lowest BCUT2D eigenvalue weighted by Crippen LogP contribution is -2.42. The maximum absolute atomic E-state index is 12.8. The van der Waals surface area contributed by atoms with Crippen molar-refractivity contribution in [2.75, 3.05) is 13.1 Å².